The van der Waals surface area contributed by atoms with E-state index in [2.05, 4.69) is 0 Å². The van der Waals surface area contributed by atoms with Crippen LogP contribution >= 0.6 is 0 Å². The average Bonchev–Trinajstić information content (AvgIpc) is 2.26. The first-order chi connectivity index (χ1) is 7.45. The molecule has 1 rings (SSSR count). The van der Waals surface area contributed by atoms with E-state index < -0.39 is 17.8 Å². The van der Waals surface area contributed by atoms with Gasteiger partial charge in [0.15, 0.2) is 0 Å². The summed E-state index contributed by atoms with van der Waals surface area (Å²) in [6.45, 7) is 6.12. The number of piperidine rings is 1. The van der Waals surface area contributed by atoms with Crippen LogP contribution in [-0.4, -0.2) is 34.5 Å². The molecule has 0 saturated carbocycles. The van der Waals surface area contributed by atoms with Crippen LogP contribution in [0.1, 0.15) is 40.0 Å². The Morgan fingerprint density at radius 1 is 1.25 bits per heavy atom. The molecule has 92 valence electrons. The summed E-state index contributed by atoms with van der Waals surface area (Å²) >= 11 is 0. The molecular formula is C12H21NO3. The summed E-state index contributed by atoms with van der Waals surface area (Å²) in [4.78, 5) is 24.8. The number of likely N-dealkylation sites (tertiary alicyclic amines) is 1. The first-order valence-electron chi connectivity index (χ1n) is 5.98. The first kappa shape index (κ1) is 13.0. The molecule has 0 radical (unpaired) electrons. The summed E-state index contributed by atoms with van der Waals surface area (Å²) in [6.07, 6.45) is 3.22. The zero-order chi connectivity index (χ0) is 12.3. The molecule has 0 aliphatic carbocycles. The largest absolute Gasteiger partial charge is 0.481 e. The van der Waals surface area contributed by atoms with Crippen molar-refractivity contribution in [3.05, 3.63) is 0 Å². The second-order valence-electron chi connectivity index (χ2n) is 4.79. The number of carbonyl (C=O) groups is 2. The quantitative estimate of drug-likeness (QED) is 0.799. The molecule has 3 atom stereocenters. The maximum absolute atomic E-state index is 12.1. The molecule has 1 heterocycles. The second kappa shape index (κ2) is 5.32. The molecule has 0 spiro atoms. The van der Waals surface area contributed by atoms with Gasteiger partial charge in [0.1, 0.15) is 0 Å². The van der Waals surface area contributed by atoms with Crippen LogP contribution in [0.25, 0.3) is 0 Å². The molecule has 1 N–H and O–H groups in total. The van der Waals surface area contributed by atoms with Gasteiger partial charge in [-0.15, -0.1) is 0 Å². The van der Waals surface area contributed by atoms with Gasteiger partial charge in [-0.3, -0.25) is 9.59 Å². The highest BCUT2D eigenvalue weighted by Gasteiger charge is 2.32. The number of carboxylic acids is 1. The summed E-state index contributed by atoms with van der Waals surface area (Å²) in [5.74, 6) is -1.95. The zero-order valence-electron chi connectivity index (χ0n) is 10.3. The molecular weight excluding hydrogens is 206 g/mol. The van der Waals surface area contributed by atoms with Crippen molar-refractivity contribution in [2.75, 3.05) is 6.54 Å². The fourth-order valence-corrected chi connectivity index (χ4v) is 2.11. The van der Waals surface area contributed by atoms with Gasteiger partial charge in [-0.05, 0) is 26.2 Å². The minimum atomic E-state index is -0.898. The number of amides is 1. The van der Waals surface area contributed by atoms with E-state index in [4.69, 9.17) is 5.11 Å². The highest BCUT2D eigenvalue weighted by atomic mass is 16.4. The number of aliphatic carboxylic acids is 1. The summed E-state index contributed by atoms with van der Waals surface area (Å²) in [5, 5.41) is 8.89. The molecule has 1 aliphatic rings. The summed E-state index contributed by atoms with van der Waals surface area (Å²) in [7, 11) is 0. The van der Waals surface area contributed by atoms with Crippen molar-refractivity contribution in [3.8, 4) is 0 Å². The van der Waals surface area contributed by atoms with Gasteiger partial charge in [-0.1, -0.05) is 13.8 Å². The van der Waals surface area contributed by atoms with Gasteiger partial charge >= 0.3 is 5.97 Å². The van der Waals surface area contributed by atoms with E-state index in [1.807, 2.05) is 11.8 Å². The Hall–Kier alpha value is -1.06. The van der Waals surface area contributed by atoms with Crippen LogP contribution in [-0.2, 0) is 9.59 Å². The van der Waals surface area contributed by atoms with Crippen LogP contribution in [0.15, 0.2) is 0 Å². The maximum Gasteiger partial charge on any atom is 0.307 e. The zero-order valence-corrected chi connectivity index (χ0v) is 10.3. The van der Waals surface area contributed by atoms with Crippen LogP contribution < -0.4 is 0 Å². The number of nitrogens with zero attached hydrogens (tertiary/aromatic N) is 1. The number of hydrogen-bond donors (Lipinski definition) is 1. The minimum Gasteiger partial charge on any atom is -0.481 e. The summed E-state index contributed by atoms with van der Waals surface area (Å²) in [5.41, 5.74) is 0. The average molecular weight is 227 g/mol. The number of rotatable bonds is 3. The van der Waals surface area contributed by atoms with E-state index >= 15 is 0 Å². The molecule has 0 bridgehead atoms. The third kappa shape index (κ3) is 2.74. The van der Waals surface area contributed by atoms with Crippen molar-refractivity contribution in [1.82, 2.24) is 4.90 Å². The van der Waals surface area contributed by atoms with Gasteiger partial charge in [0.05, 0.1) is 5.92 Å². The molecule has 1 aliphatic heterocycles. The van der Waals surface area contributed by atoms with Crippen LogP contribution in [0.4, 0.5) is 0 Å². The SMILES string of the molecule is CC(C(=O)O)C(C)C(=O)N1CCCCC1C. The Morgan fingerprint density at radius 2 is 1.88 bits per heavy atom. The van der Waals surface area contributed by atoms with E-state index in [-0.39, 0.29) is 11.9 Å². The Balaban J connectivity index is 2.65. The van der Waals surface area contributed by atoms with E-state index in [0.29, 0.717) is 0 Å². The van der Waals surface area contributed by atoms with E-state index in [0.717, 1.165) is 25.8 Å². The van der Waals surface area contributed by atoms with Gasteiger partial charge in [-0.2, -0.15) is 0 Å². The Bertz CT molecular complexity index is 277. The highest BCUT2D eigenvalue weighted by molar-refractivity contribution is 5.84. The molecule has 0 aromatic rings. The van der Waals surface area contributed by atoms with E-state index in [1.165, 1.54) is 0 Å². The van der Waals surface area contributed by atoms with Crippen LogP contribution in [0.5, 0.6) is 0 Å². The van der Waals surface area contributed by atoms with Gasteiger partial charge in [-0.25, -0.2) is 0 Å². The molecule has 1 amide bonds. The minimum absolute atomic E-state index is 0.0119. The Kier molecular flexibility index (Phi) is 4.33. The number of carbonyl (C=O) groups excluding carboxylic acids is 1. The lowest BCUT2D eigenvalue weighted by Crippen LogP contribution is -2.46. The van der Waals surface area contributed by atoms with Crippen molar-refractivity contribution in [1.29, 1.82) is 0 Å². The van der Waals surface area contributed by atoms with Crippen molar-refractivity contribution in [2.24, 2.45) is 11.8 Å². The van der Waals surface area contributed by atoms with Crippen molar-refractivity contribution in [2.45, 2.75) is 46.1 Å². The van der Waals surface area contributed by atoms with Crippen LogP contribution in [0.2, 0.25) is 0 Å². The third-order valence-electron chi connectivity index (χ3n) is 3.62. The van der Waals surface area contributed by atoms with Crippen LogP contribution in [0, 0.1) is 11.8 Å². The second-order valence-corrected chi connectivity index (χ2v) is 4.79. The molecule has 4 nitrogen and oxygen atoms in total. The standard InChI is InChI=1S/C12H21NO3/c1-8-6-4-5-7-13(8)11(14)9(2)10(3)12(15)16/h8-10H,4-7H2,1-3H3,(H,15,16). The predicted octanol–water partition coefficient (Wildman–Crippen LogP) is 1.74. The highest BCUT2D eigenvalue weighted by Crippen LogP contribution is 2.22. The molecule has 3 unspecified atom stereocenters. The predicted molar refractivity (Wildman–Crippen MR) is 61.0 cm³/mol. The maximum atomic E-state index is 12.1. The number of hydrogen-bond acceptors (Lipinski definition) is 2. The normalized spacial score (nSPS) is 24.9. The summed E-state index contributed by atoms with van der Waals surface area (Å²) < 4.78 is 0. The lowest BCUT2D eigenvalue weighted by Gasteiger charge is -2.36. The topological polar surface area (TPSA) is 57.6 Å². The van der Waals surface area contributed by atoms with Gasteiger partial charge < -0.3 is 10.0 Å². The molecule has 16 heavy (non-hydrogen) atoms. The number of carboxylic acid groups (broad SMARTS) is 1. The lowest BCUT2D eigenvalue weighted by atomic mass is 9.92. The third-order valence-corrected chi connectivity index (χ3v) is 3.62. The van der Waals surface area contributed by atoms with E-state index in [9.17, 15) is 9.59 Å². The van der Waals surface area contributed by atoms with Crippen LogP contribution in [0.3, 0.4) is 0 Å². The monoisotopic (exact) mass is 227 g/mol. The van der Waals surface area contributed by atoms with E-state index in [1.54, 1.807) is 13.8 Å². The fourth-order valence-electron chi connectivity index (χ4n) is 2.11. The van der Waals surface area contributed by atoms with Crippen molar-refractivity contribution in [3.63, 3.8) is 0 Å². The lowest BCUT2D eigenvalue weighted by molar-refractivity contribution is -0.150. The Morgan fingerprint density at radius 3 is 2.38 bits per heavy atom. The van der Waals surface area contributed by atoms with Gasteiger partial charge in [0, 0.05) is 18.5 Å². The molecule has 0 aromatic carbocycles. The molecule has 1 saturated heterocycles. The molecule has 4 heteroatoms. The Labute approximate surface area is 96.6 Å². The van der Waals surface area contributed by atoms with Crippen molar-refractivity contribution < 1.29 is 14.7 Å². The summed E-state index contributed by atoms with van der Waals surface area (Å²) in [6, 6.07) is 0.254. The fraction of sp³-hybridized carbons (Fsp3) is 0.833. The molecule has 0 aromatic heterocycles. The first-order valence-corrected chi connectivity index (χ1v) is 5.98. The van der Waals surface area contributed by atoms with Gasteiger partial charge in [0.2, 0.25) is 5.91 Å². The van der Waals surface area contributed by atoms with Crippen molar-refractivity contribution >= 4 is 11.9 Å². The van der Waals surface area contributed by atoms with Gasteiger partial charge in [0.25, 0.3) is 0 Å². The smallest absolute Gasteiger partial charge is 0.307 e. The molecule has 1 fully saturated rings.